The molecule has 0 spiro atoms. The topological polar surface area (TPSA) is 21.3 Å². The first-order valence-electron chi connectivity index (χ1n) is 6.82. The maximum atomic E-state index is 5.87. The Hall–Kier alpha value is -1.80. The van der Waals surface area contributed by atoms with Crippen molar-refractivity contribution in [2.75, 3.05) is 6.54 Å². The number of rotatable bonds is 3. The third kappa shape index (κ3) is 2.96. The van der Waals surface area contributed by atoms with Gasteiger partial charge < -0.3 is 10.1 Å². The summed E-state index contributed by atoms with van der Waals surface area (Å²) in [7, 11) is 0. The second kappa shape index (κ2) is 5.45. The van der Waals surface area contributed by atoms with Crippen LogP contribution in [0, 0.1) is 6.92 Å². The lowest BCUT2D eigenvalue weighted by atomic mass is 10.0. The van der Waals surface area contributed by atoms with Gasteiger partial charge in [0.2, 0.25) is 0 Å². The average Bonchev–Trinajstić information content (AvgIpc) is 2.46. The maximum Gasteiger partial charge on any atom is 0.120 e. The zero-order valence-electron chi connectivity index (χ0n) is 11.3. The molecule has 0 aromatic heterocycles. The van der Waals surface area contributed by atoms with Gasteiger partial charge in [0.1, 0.15) is 12.4 Å². The first kappa shape index (κ1) is 12.2. The lowest BCUT2D eigenvalue weighted by Crippen LogP contribution is -2.23. The lowest BCUT2D eigenvalue weighted by Gasteiger charge is -2.18. The van der Waals surface area contributed by atoms with E-state index < -0.39 is 0 Å². The molecular weight excluding hydrogens is 234 g/mol. The van der Waals surface area contributed by atoms with Gasteiger partial charge in [-0.1, -0.05) is 35.9 Å². The van der Waals surface area contributed by atoms with Crippen molar-refractivity contribution >= 4 is 0 Å². The molecule has 0 aliphatic carbocycles. The van der Waals surface area contributed by atoms with E-state index in [0.717, 1.165) is 25.3 Å². The maximum absolute atomic E-state index is 5.87. The number of aryl methyl sites for hydroxylation is 1. The van der Waals surface area contributed by atoms with Crippen molar-refractivity contribution < 1.29 is 4.74 Å². The van der Waals surface area contributed by atoms with Gasteiger partial charge in [-0.3, -0.25) is 0 Å². The van der Waals surface area contributed by atoms with E-state index in [-0.39, 0.29) is 0 Å². The Balaban J connectivity index is 1.68. The molecule has 1 N–H and O–H groups in total. The third-order valence-electron chi connectivity index (χ3n) is 3.59. The van der Waals surface area contributed by atoms with E-state index in [1.54, 1.807) is 0 Å². The first-order chi connectivity index (χ1) is 9.31. The number of fused-ring (bicyclic) bond motifs is 1. The summed E-state index contributed by atoms with van der Waals surface area (Å²) in [6, 6.07) is 14.9. The van der Waals surface area contributed by atoms with Crippen LogP contribution in [0.2, 0.25) is 0 Å². The van der Waals surface area contributed by atoms with Gasteiger partial charge in [-0.05, 0) is 48.7 Å². The summed E-state index contributed by atoms with van der Waals surface area (Å²) in [5.74, 6) is 0.961. The summed E-state index contributed by atoms with van der Waals surface area (Å²) in [5.41, 5.74) is 5.30. The van der Waals surface area contributed by atoms with E-state index in [1.807, 2.05) is 0 Å². The van der Waals surface area contributed by atoms with Crippen LogP contribution in [0.4, 0.5) is 0 Å². The van der Waals surface area contributed by atoms with E-state index >= 15 is 0 Å². The summed E-state index contributed by atoms with van der Waals surface area (Å²) in [6.45, 7) is 4.77. The fourth-order valence-corrected chi connectivity index (χ4v) is 2.40. The molecule has 0 bridgehead atoms. The average molecular weight is 253 g/mol. The third-order valence-corrected chi connectivity index (χ3v) is 3.59. The Labute approximate surface area is 114 Å². The van der Waals surface area contributed by atoms with Crippen LogP contribution in [-0.2, 0) is 19.6 Å². The van der Waals surface area contributed by atoms with Crippen molar-refractivity contribution in [3.05, 3.63) is 64.7 Å². The van der Waals surface area contributed by atoms with Gasteiger partial charge in [0.25, 0.3) is 0 Å². The van der Waals surface area contributed by atoms with E-state index in [2.05, 4.69) is 54.7 Å². The number of nitrogens with one attached hydrogen (secondary N) is 1. The van der Waals surface area contributed by atoms with Gasteiger partial charge in [0.15, 0.2) is 0 Å². The number of ether oxygens (including phenoxy) is 1. The van der Waals surface area contributed by atoms with Crippen LogP contribution >= 0.6 is 0 Å². The second-order valence-corrected chi connectivity index (χ2v) is 5.13. The van der Waals surface area contributed by atoms with Gasteiger partial charge in [-0.25, -0.2) is 0 Å². The summed E-state index contributed by atoms with van der Waals surface area (Å²) in [5, 5.41) is 3.39. The molecule has 2 aromatic carbocycles. The molecule has 0 fully saturated rings. The van der Waals surface area contributed by atoms with Crippen LogP contribution in [0.1, 0.15) is 22.3 Å². The molecular formula is C17H19NO. The summed E-state index contributed by atoms with van der Waals surface area (Å²) in [4.78, 5) is 0. The quantitative estimate of drug-likeness (QED) is 0.907. The minimum Gasteiger partial charge on any atom is -0.489 e. The molecule has 0 saturated heterocycles. The van der Waals surface area contributed by atoms with Gasteiger partial charge in [-0.15, -0.1) is 0 Å². The van der Waals surface area contributed by atoms with Crippen LogP contribution in [0.15, 0.2) is 42.5 Å². The number of hydrogen-bond donors (Lipinski definition) is 1. The molecule has 0 radical (unpaired) electrons. The molecule has 98 valence electrons. The van der Waals surface area contributed by atoms with Gasteiger partial charge in [-0.2, -0.15) is 0 Å². The minimum absolute atomic E-state index is 0.631. The monoisotopic (exact) mass is 253 g/mol. The largest absolute Gasteiger partial charge is 0.489 e. The van der Waals surface area contributed by atoms with Crippen molar-refractivity contribution in [3.8, 4) is 5.75 Å². The molecule has 2 nitrogen and oxygen atoms in total. The van der Waals surface area contributed by atoms with E-state index in [0.29, 0.717) is 6.61 Å². The van der Waals surface area contributed by atoms with Crippen molar-refractivity contribution in [1.29, 1.82) is 0 Å². The van der Waals surface area contributed by atoms with E-state index in [9.17, 15) is 0 Å². The zero-order valence-corrected chi connectivity index (χ0v) is 11.3. The van der Waals surface area contributed by atoms with Crippen molar-refractivity contribution in [2.45, 2.75) is 26.5 Å². The predicted octanol–water partition coefficient (Wildman–Crippen LogP) is 3.22. The van der Waals surface area contributed by atoms with Crippen LogP contribution in [0.3, 0.4) is 0 Å². The minimum atomic E-state index is 0.631. The van der Waals surface area contributed by atoms with Crippen LogP contribution < -0.4 is 10.1 Å². The molecule has 3 rings (SSSR count). The summed E-state index contributed by atoms with van der Waals surface area (Å²) in [6.07, 6.45) is 1.12. The molecule has 1 aliphatic heterocycles. The molecule has 1 heterocycles. The van der Waals surface area contributed by atoms with E-state index in [1.165, 1.54) is 22.3 Å². The normalized spacial score (nSPS) is 13.9. The van der Waals surface area contributed by atoms with Gasteiger partial charge in [0.05, 0.1) is 0 Å². The highest BCUT2D eigenvalue weighted by atomic mass is 16.5. The molecule has 0 amide bonds. The summed E-state index contributed by atoms with van der Waals surface area (Å²) < 4.78 is 5.87. The Bertz CT molecular complexity index is 560. The number of benzene rings is 2. The van der Waals surface area contributed by atoms with Crippen molar-refractivity contribution in [2.24, 2.45) is 0 Å². The smallest absolute Gasteiger partial charge is 0.120 e. The van der Waals surface area contributed by atoms with Crippen LogP contribution in [0.5, 0.6) is 5.75 Å². The molecule has 0 atom stereocenters. The number of hydrogen-bond acceptors (Lipinski definition) is 2. The van der Waals surface area contributed by atoms with E-state index in [4.69, 9.17) is 4.74 Å². The first-order valence-corrected chi connectivity index (χ1v) is 6.82. The molecule has 19 heavy (non-hydrogen) atoms. The Kier molecular flexibility index (Phi) is 3.51. The van der Waals surface area contributed by atoms with Gasteiger partial charge >= 0.3 is 0 Å². The Morgan fingerprint density at radius 2 is 1.89 bits per heavy atom. The zero-order chi connectivity index (χ0) is 13.1. The van der Waals surface area contributed by atoms with Crippen molar-refractivity contribution in [3.63, 3.8) is 0 Å². The highest BCUT2D eigenvalue weighted by molar-refractivity contribution is 5.37. The fourth-order valence-electron chi connectivity index (χ4n) is 2.40. The molecule has 0 unspecified atom stereocenters. The predicted molar refractivity (Wildman–Crippen MR) is 77.4 cm³/mol. The second-order valence-electron chi connectivity index (χ2n) is 5.13. The SMILES string of the molecule is Cc1ccc(COc2ccc3c(c2)CNCC3)cc1. The fraction of sp³-hybridized carbons (Fsp3) is 0.294. The van der Waals surface area contributed by atoms with Crippen LogP contribution in [-0.4, -0.2) is 6.54 Å². The Morgan fingerprint density at radius 1 is 1.05 bits per heavy atom. The summed E-state index contributed by atoms with van der Waals surface area (Å²) >= 11 is 0. The molecule has 2 heteroatoms. The highest BCUT2D eigenvalue weighted by Gasteiger charge is 2.09. The standard InChI is InChI=1S/C17H19NO/c1-13-2-4-14(5-3-13)12-19-17-7-6-15-8-9-18-11-16(15)10-17/h2-7,10,18H,8-9,11-12H2,1H3. The molecule has 1 aliphatic rings. The van der Waals surface area contributed by atoms with Gasteiger partial charge in [0, 0.05) is 6.54 Å². The van der Waals surface area contributed by atoms with Crippen molar-refractivity contribution in [1.82, 2.24) is 5.32 Å². The Morgan fingerprint density at radius 3 is 2.74 bits per heavy atom. The lowest BCUT2D eigenvalue weighted by molar-refractivity contribution is 0.305. The van der Waals surface area contributed by atoms with Crippen LogP contribution in [0.25, 0.3) is 0 Å². The highest BCUT2D eigenvalue weighted by Crippen LogP contribution is 2.21. The molecule has 2 aromatic rings. The molecule has 0 saturated carbocycles.